The second kappa shape index (κ2) is 7.57. The van der Waals surface area contributed by atoms with Crippen LogP contribution >= 0.6 is 31.9 Å². The van der Waals surface area contributed by atoms with Gasteiger partial charge in [-0.05, 0) is 66.0 Å². The van der Waals surface area contributed by atoms with Gasteiger partial charge in [0.25, 0.3) is 5.91 Å². The molecule has 3 nitrogen and oxygen atoms in total. The van der Waals surface area contributed by atoms with Crippen molar-refractivity contribution in [3.8, 4) is 0 Å². The number of piperidine rings is 1. The fourth-order valence-electron chi connectivity index (χ4n) is 2.52. The third kappa shape index (κ3) is 4.06. The van der Waals surface area contributed by atoms with Gasteiger partial charge in [0.1, 0.15) is 0 Å². The molecule has 110 valence electrons. The number of amides is 1. The van der Waals surface area contributed by atoms with Crippen molar-refractivity contribution in [1.29, 1.82) is 0 Å². The third-order valence-electron chi connectivity index (χ3n) is 3.75. The number of carbonyl (C=O) groups excluding carboxylic acids is 1. The second-order valence-corrected chi connectivity index (χ2v) is 6.94. The van der Waals surface area contributed by atoms with Gasteiger partial charge in [-0.2, -0.15) is 0 Å². The van der Waals surface area contributed by atoms with Gasteiger partial charge in [0.15, 0.2) is 0 Å². The highest BCUT2D eigenvalue weighted by molar-refractivity contribution is 9.11. The number of likely N-dealkylation sites (tertiary alicyclic amines) is 1. The predicted octanol–water partition coefficient (Wildman–Crippen LogP) is 3.67. The van der Waals surface area contributed by atoms with Crippen molar-refractivity contribution in [2.45, 2.75) is 19.8 Å². The Labute approximate surface area is 137 Å². The van der Waals surface area contributed by atoms with Gasteiger partial charge in [0.2, 0.25) is 0 Å². The van der Waals surface area contributed by atoms with Crippen LogP contribution in [0.1, 0.15) is 30.1 Å². The van der Waals surface area contributed by atoms with Crippen molar-refractivity contribution >= 4 is 37.8 Å². The molecular weight excluding hydrogens is 384 g/mol. The van der Waals surface area contributed by atoms with E-state index in [2.05, 4.69) is 44.1 Å². The van der Waals surface area contributed by atoms with Crippen LogP contribution in [0, 0.1) is 5.92 Å². The third-order valence-corrected chi connectivity index (χ3v) is 4.90. The van der Waals surface area contributed by atoms with Crippen LogP contribution in [0.4, 0.5) is 0 Å². The molecule has 1 aromatic carbocycles. The fourth-order valence-corrected chi connectivity index (χ4v) is 3.74. The van der Waals surface area contributed by atoms with E-state index in [0.29, 0.717) is 5.92 Å². The number of nitrogens with one attached hydrogen (secondary N) is 1. The summed E-state index contributed by atoms with van der Waals surface area (Å²) in [6.07, 6.45) is 2.18. The van der Waals surface area contributed by atoms with Gasteiger partial charge < -0.3 is 10.2 Å². The van der Waals surface area contributed by atoms with Crippen LogP contribution in [0.5, 0.6) is 0 Å². The summed E-state index contributed by atoms with van der Waals surface area (Å²) in [5.41, 5.74) is 0.748. The van der Waals surface area contributed by atoms with E-state index in [-0.39, 0.29) is 5.91 Å². The molecule has 1 N–H and O–H groups in total. The molecule has 0 unspecified atom stereocenters. The molecule has 0 atom stereocenters. The average Bonchev–Trinajstić information content (AvgIpc) is 2.45. The summed E-state index contributed by atoms with van der Waals surface area (Å²) in [4.78, 5) is 14.5. The lowest BCUT2D eigenvalue weighted by atomic mass is 9.96. The molecule has 1 saturated heterocycles. The molecule has 20 heavy (non-hydrogen) atoms. The minimum absolute atomic E-state index is 0.131. The standard InChI is InChI=1S/C15H20Br2N2O/c1-2-18-10-11-5-7-19(8-6-11)15(20)13-4-3-12(16)9-14(13)17/h3-4,9,11,18H,2,5-8,10H2,1H3. The number of nitrogens with zero attached hydrogens (tertiary/aromatic N) is 1. The predicted molar refractivity (Wildman–Crippen MR) is 89.0 cm³/mol. The van der Waals surface area contributed by atoms with Gasteiger partial charge in [-0.25, -0.2) is 0 Å². The molecule has 2 rings (SSSR count). The van der Waals surface area contributed by atoms with E-state index in [1.54, 1.807) is 0 Å². The number of halogens is 2. The van der Waals surface area contributed by atoms with E-state index in [0.717, 1.165) is 53.5 Å². The van der Waals surface area contributed by atoms with Gasteiger partial charge in [-0.15, -0.1) is 0 Å². The summed E-state index contributed by atoms with van der Waals surface area (Å²) < 4.78 is 1.83. The van der Waals surface area contributed by atoms with Crippen molar-refractivity contribution < 1.29 is 4.79 Å². The summed E-state index contributed by atoms with van der Waals surface area (Å²) >= 11 is 6.88. The van der Waals surface area contributed by atoms with Crippen LogP contribution in [0.2, 0.25) is 0 Å². The van der Waals surface area contributed by atoms with Crippen molar-refractivity contribution in [1.82, 2.24) is 10.2 Å². The zero-order chi connectivity index (χ0) is 14.5. The molecule has 0 bridgehead atoms. The van der Waals surface area contributed by atoms with Crippen LogP contribution in [-0.2, 0) is 0 Å². The molecule has 1 heterocycles. The number of hydrogen-bond acceptors (Lipinski definition) is 2. The summed E-state index contributed by atoms with van der Waals surface area (Å²) in [5, 5.41) is 3.39. The molecule has 1 aliphatic heterocycles. The zero-order valence-corrected chi connectivity index (χ0v) is 14.8. The summed E-state index contributed by atoms with van der Waals surface area (Å²) in [7, 11) is 0. The fraction of sp³-hybridized carbons (Fsp3) is 0.533. The summed E-state index contributed by atoms with van der Waals surface area (Å²) in [6.45, 7) is 5.93. The maximum absolute atomic E-state index is 12.5. The molecule has 0 spiro atoms. The first-order valence-corrected chi connectivity index (χ1v) is 8.65. The number of carbonyl (C=O) groups is 1. The van der Waals surface area contributed by atoms with E-state index >= 15 is 0 Å². The Morgan fingerprint density at radius 1 is 1.35 bits per heavy atom. The van der Waals surface area contributed by atoms with E-state index in [9.17, 15) is 4.79 Å². The first-order chi connectivity index (χ1) is 9.61. The lowest BCUT2D eigenvalue weighted by molar-refractivity contribution is 0.0689. The Bertz CT molecular complexity index is 471. The molecule has 1 amide bonds. The van der Waals surface area contributed by atoms with Crippen molar-refractivity contribution in [3.05, 3.63) is 32.7 Å². The molecule has 5 heteroatoms. The molecule has 1 fully saturated rings. The Kier molecular flexibility index (Phi) is 6.05. The average molecular weight is 404 g/mol. The van der Waals surface area contributed by atoms with E-state index < -0.39 is 0 Å². The smallest absolute Gasteiger partial charge is 0.254 e. The Hall–Kier alpha value is -0.390. The maximum Gasteiger partial charge on any atom is 0.254 e. The number of rotatable bonds is 4. The Balaban J connectivity index is 1.94. The van der Waals surface area contributed by atoms with E-state index in [1.165, 1.54) is 0 Å². The quantitative estimate of drug-likeness (QED) is 0.831. The number of hydrogen-bond donors (Lipinski definition) is 1. The Morgan fingerprint density at radius 2 is 2.05 bits per heavy atom. The van der Waals surface area contributed by atoms with Crippen LogP contribution < -0.4 is 5.32 Å². The molecular formula is C15H20Br2N2O. The molecule has 0 aromatic heterocycles. The van der Waals surface area contributed by atoms with Gasteiger partial charge in [0.05, 0.1) is 5.56 Å². The highest BCUT2D eigenvalue weighted by atomic mass is 79.9. The molecule has 0 aliphatic carbocycles. The topological polar surface area (TPSA) is 32.3 Å². The molecule has 1 aliphatic rings. The Morgan fingerprint density at radius 3 is 2.65 bits per heavy atom. The lowest BCUT2D eigenvalue weighted by Gasteiger charge is -2.32. The largest absolute Gasteiger partial charge is 0.339 e. The minimum atomic E-state index is 0.131. The van der Waals surface area contributed by atoms with E-state index in [1.807, 2.05) is 23.1 Å². The highest BCUT2D eigenvalue weighted by Crippen LogP contribution is 2.25. The maximum atomic E-state index is 12.5. The SMILES string of the molecule is CCNCC1CCN(C(=O)c2ccc(Br)cc2Br)CC1. The summed E-state index contributed by atoms with van der Waals surface area (Å²) in [6, 6.07) is 5.71. The molecule has 0 saturated carbocycles. The second-order valence-electron chi connectivity index (χ2n) is 5.17. The van der Waals surface area contributed by atoms with Crippen LogP contribution in [0.25, 0.3) is 0 Å². The van der Waals surface area contributed by atoms with Crippen LogP contribution in [0.3, 0.4) is 0 Å². The summed E-state index contributed by atoms with van der Waals surface area (Å²) in [5.74, 6) is 0.832. The van der Waals surface area contributed by atoms with Gasteiger partial charge in [-0.3, -0.25) is 4.79 Å². The van der Waals surface area contributed by atoms with E-state index in [4.69, 9.17) is 0 Å². The van der Waals surface area contributed by atoms with Gasteiger partial charge in [0, 0.05) is 22.0 Å². The molecule has 0 radical (unpaired) electrons. The lowest BCUT2D eigenvalue weighted by Crippen LogP contribution is -2.40. The normalized spacial score (nSPS) is 16.4. The number of benzene rings is 1. The monoisotopic (exact) mass is 402 g/mol. The molecule has 1 aromatic rings. The van der Waals surface area contributed by atoms with Crippen LogP contribution in [0.15, 0.2) is 27.1 Å². The van der Waals surface area contributed by atoms with Gasteiger partial charge >= 0.3 is 0 Å². The first-order valence-electron chi connectivity index (χ1n) is 7.07. The van der Waals surface area contributed by atoms with Crippen molar-refractivity contribution in [2.24, 2.45) is 5.92 Å². The minimum Gasteiger partial charge on any atom is -0.339 e. The zero-order valence-electron chi connectivity index (χ0n) is 11.7. The van der Waals surface area contributed by atoms with Crippen molar-refractivity contribution in [2.75, 3.05) is 26.2 Å². The van der Waals surface area contributed by atoms with Crippen LogP contribution in [-0.4, -0.2) is 37.0 Å². The van der Waals surface area contributed by atoms with Crippen molar-refractivity contribution in [3.63, 3.8) is 0 Å². The van der Waals surface area contributed by atoms with Gasteiger partial charge in [-0.1, -0.05) is 22.9 Å². The highest BCUT2D eigenvalue weighted by Gasteiger charge is 2.24. The first kappa shape index (κ1) is 16.0.